The van der Waals surface area contributed by atoms with E-state index in [0.717, 1.165) is 18.1 Å². The van der Waals surface area contributed by atoms with Gasteiger partial charge in [0.05, 0.1) is 7.11 Å². The fraction of sp³-hybridized carbons (Fsp3) is 0.385. The highest BCUT2D eigenvalue weighted by Gasteiger charge is 1.92. The molecule has 0 saturated heterocycles. The van der Waals surface area contributed by atoms with E-state index in [1.165, 1.54) is 5.56 Å². The van der Waals surface area contributed by atoms with Crippen molar-refractivity contribution in [3.8, 4) is 5.75 Å². The summed E-state index contributed by atoms with van der Waals surface area (Å²) in [6.07, 6.45) is 5.47. The summed E-state index contributed by atoms with van der Waals surface area (Å²) in [6, 6.07) is 8.09. The summed E-state index contributed by atoms with van der Waals surface area (Å²) in [7, 11) is 1.69. The molecular formula is C13H18O. The lowest BCUT2D eigenvalue weighted by molar-refractivity contribution is 0.414. The van der Waals surface area contributed by atoms with Gasteiger partial charge in [0.1, 0.15) is 5.75 Å². The van der Waals surface area contributed by atoms with Crippen LogP contribution in [0.1, 0.15) is 25.8 Å². The molecule has 0 unspecified atom stereocenters. The van der Waals surface area contributed by atoms with Crippen LogP contribution in [-0.2, 0) is 0 Å². The van der Waals surface area contributed by atoms with Crippen molar-refractivity contribution in [1.29, 1.82) is 0 Å². The van der Waals surface area contributed by atoms with Gasteiger partial charge in [-0.25, -0.2) is 0 Å². The Kier molecular flexibility index (Phi) is 4.24. The topological polar surface area (TPSA) is 9.23 Å². The van der Waals surface area contributed by atoms with E-state index in [-0.39, 0.29) is 0 Å². The molecule has 0 aliphatic heterocycles. The largest absolute Gasteiger partial charge is 0.497 e. The Morgan fingerprint density at radius 3 is 2.79 bits per heavy atom. The summed E-state index contributed by atoms with van der Waals surface area (Å²) < 4.78 is 5.15. The zero-order valence-corrected chi connectivity index (χ0v) is 9.16. The predicted molar refractivity (Wildman–Crippen MR) is 61.5 cm³/mol. The van der Waals surface area contributed by atoms with Crippen molar-refractivity contribution in [1.82, 2.24) is 0 Å². The van der Waals surface area contributed by atoms with Crippen molar-refractivity contribution in [3.05, 3.63) is 35.9 Å². The minimum Gasteiger partial charge on any atom is -0.497 e. The van der Waals surface area contributed by atoms with Crippen LogP contribution in [0.25, 0.3) is 6.08 Å². The van der Waals surface area contributed by atoms with E-state index in [1.54, 1.807) is 7.11 Å². The van der Waals surface area contributed by atoms with Gasteiger partial charge in [-0.15, -0.1) is 0 Å². The van der Waals surface area contributed by atoms with E-state index in [1.807, 2.05) is 18.2 Å². The first-order valence-electron chi connectivity index (χ1n) is 5.03. The Balaban J connectivity index is 2.62. The lowest BCUT2D eigenvalue weighted by Gasteiger charge is -2.00. The summed E-state index contributed by atoms with van der Waals surface area (Å²) >= 11 is 0. The maximum Gasteiger partial charge on any atom is 0.119 e. The highest BCUT2D eigenvalue weighted by atomic mass is 16.5. The van der Waals surface area contributed by atoms with Crippen LogP contribution < -0.4 is 4.74 Å². The second kappa shape index (κ2) is 5.48. The van der Waals surface area contributed by atoms with Gasteiger partial charge in [-0.3, -0.25) is 0 Å². The lowest BCUT2D eigenvalue weighted by atomic mass is 10.1. The molecule has 0 aromatic heterocycles. The molecule has 0 atom stereocenters. The van der Waals surface area contributed by atoms with Gasteiger partial charge in [0, 0.05) is 0 Å². The average Bonchev–Trinajstić information content (AvgIpc) is 2.18. The van der Waals surface area contributed by atoms with E-state index in [9.17, 15) is 0 Å². The fourth-order valence-electron chi connectivity index (χ4n) is 1.22. The van der Waals surface area contributed by atoms with Gasteiger partial charge < -0.3 is 4.74 Å². The number of hydrogen-bond donors (Lipinski definition) is 0. The minimum absolute atomic E-state index is 0.719. The molecule has 0 heterocycles. The molecule has 1 nitrogen and oxygen atoms in total. The van der Waals surface area contributed by atoms with Gasteiger partial charge in [-0.2, -0.15) is 0 Å². The van der Waals surface area contributed by atoms with Crippen molar-refractivity contribution in [2.75, 3.05) is 7.11 Å². The van der Waals surface area contributed by atoms with E-state index in [4.69, 9.17) is 4.74 Å². The summed E-state index contributed by atoms with van der Waals surface area (Å²) in [5.41, 5.74) is 1.20. The first-order valence-corrected chi connectivity index (χ1v) is 5.03. The van der Waals surface area contributed by atoms with E-state index in [0.29, 0.717) is 0 Å². The molecular weight excluding hydrogens is 172 g/mol. The standard InChI is InChI=1S/C13H18O/c1-11(2)6-4-7-12-8-5-9-13(10-12)14-3/h4-5,7-11H,6H2,1-3H3/b7-4+. The highest BCUT2D eigenvalue weighted by molar-refractivity contribution is 5.51. The summed E-state index contributed by atoms with van der Waals surface area (Å²) in [5.74, 6) is 1.63. The van der Waals surface area contributed by atoms with Crippen molar-refractivity contribution >= 4 is 6.08 Å². The van der Waals surface area contributed by atoms with Gasteiger partial charge in [0.25, 0.3) is 0 Å². The molecule has 0 radical (unpaired) electrons. The second-order valence-electron chi connectivity index (χ2n) is 3.81. The van der Waals surface area contributed by atoms with Crippen molar-refractivity contribution in [3.63, 3.8) is 0 Å². The molecule has 0 bridgehead atoms. The molecule has 0 fully saturated rings. The zero-order chi connectivity index (χ0) is 10.4. The summed E-state index contributed by atoms with van der Waals surface area (Å²) in [6.45, 7) is 4.44. The third-order valence-electron chi connectivity index (χ3n) is 2.01. The molecule has 0 spiro atoms. The lowest BCUT2D eigenvalue weighted by Crippen LogP contribution is -1.83. The van der Waals surface area contributed by atoms with Gasteiger partial charge >= 0.3 is 0 Å². The molecule has 0 amide bonds. The van der Waals surface area contributed by atoms with Crippen LogP contribution >= 0.6 is 0 Å². The van der Waals surface area contributed by atoms with Gasteiger partial charge in [0.2, 0.25) is 0 Å². The molecule has 0 aliphatic rings. The smallest absolute Gasteiger partial charge is 0.119 e. The number of ether oxygens (including phenoxy) is 1. The SMILES string of the molecule is COc1cccc(/C=C/CC(C)C)c1. The second-order valence-corrected chi connectivity index (χ2v) is 3.81. The maximum atomic E-state index is 5.15. The molecule has 14 heavy (non-hydrogen) atoms. The molecule has 1 aromatic carbocycles. The third kappa shape index (κ3) is 3.65. The molecule has 1 rings (SSSR count). The Morgan fingerprint density at radius 2 is 2.14 bits per heavy atom. The number of methoxy groups -OCH3 is 1. The highest BCUT2D eigenvalue weighted by Crippen LogP contribution is 2.14. The van der Waals surface area contributed by atoms with Gasteiger partial charge in [-0.1, -0.05) is 38.1 Å². The Labute approximate surface area is 86.4 Å². The number of benzene rings is 1. The van der Waals surface area contributed by atoms with Crippen molar-refractivity contribution in [2.45, 2.75) is 20.3 Å². The first kappa shape index (κ1) is 10.8. The Morgan fingerprint density at radius 1 is 1.36 bits per heavy atom. The zero-order valence-electron chi connectivity index (χ0n) is 9.16. The number of allylic oxidation sites excluding steroid dienone is 1. The predicted octanol–water partition coefficient (Wildman–Crippen LogP) is 3.75. The first-order chi connectivity index (χ1) is 6.72. The number of rotatable bonds is 4. The molecule has 76 valence electrons. The maximum absolute atomic E-state index is 5.15. The van der Waals surface area contributed by atoms with Gasteiger partial charge in [0.15, 0.2) is 0 Å². The van der Waals surface area contributed by atoms with E-state index < -0.39 is 0 Å². The average molecular weight is 190 g/mol. The van der Waals surface area contributed by atoms with Crippen LogP contribution in [0.15, 0.2) is 30.3 Å². The third-order valence-corrected chi connectivity index (χ3v) is 2.01. The summed E-state index contributed by atoms with van der Waals surface area (Å²) in [4.78, 5) is 0. The van der Waals surface area contributed by atoms with Crippen LogP contribution in [-0.4, -0.2) is 7.11 Å². The van der Waals surface area contributed by atoms with Crippen LogP contribution in [0, 0.1) is 5.92 Å². The molecule has 1 aromatic rings. The van der Waals surface area contributed by atoms with E-state index in [2.05, 4.69) is 32.1 Å². The minimum atomic E-state index is 0.719. The van der Waals surface area contributed by atoms with Crippen LogP contribution in [0.5, 0.6) is 5.75 Å². The van der Waals surface area contributed by atoms with Crippen LogP contribution in [0.2, 0.25) is 0 Å². The number of hydrogen-bond acceptors (Lipinski definition) is 1. The molecule has 1 heteroatoms. The normalized spacial score (nSPS) is 11.1. The molecule has 0 aliphatic carbocycles. The molecule has 0 saturated carbocycles. The molecule has 0 N–H and O–H groups in total. The van der Waals surface area contributed by atoms with E-state index >= 15 is 0 Å². The van der Waals surface area contributed by atoms with Crippen molar-refractivity contribution in [2.24, 2.45) is 5.92 Å². The van der Waals surface area contributed by atoms with Crippen molar-refractivity contribution < 1.29 is 4.74 Å². The van der Waals surface area contributed by atoms with Crippen LogP contribution in [0.4, 0.5) is 0 Å². The van der Waals surface area contributed by atoms with Gasteiger partial charge in [-0.05, 0) is 30.0 Å². The fourth-order valence-corrected chi connectivity index (χ4v) is 1.22. The quantitative estimate of drug-likeness (QED) is 0.702. The Bertz CT molecular complexity index is 300. The monoisotopic (exact) mass is 190 g/mol. The van der Waals surface area contributed by atoms with Crippen LogP contribution in [0.3, 0.4) is 0 Å². The Hall–Kier alpha value is -1.24. The summed E-state index contributed by atoms with van der Waals surface area (Å²) in [5, 5.41) is 0.